The van der Waals surface area contributed by atoms with Crippen molar-refractivity contribution in [2.75, 3.05) is 46.5 Å². The number of esters is 1. The van der Waals surface area contributed by atoms with Crippen molar-refractivity contribution >= 4 is 35.9 Å². The molecule has 1 saturated heterocycles. The van der Waals surface area contributed by atoms with E-state index >= 15 is 0 Å². The third kappa shape index (κ3) is 11.2. The van der Waals surface area contributed by atoms with E-state index < -0.39 is 5.60 Å². The topological polar surface area (TPSA) is 72.4 Å². The molecule has 0 saturated carbocycles. The Hall–Kier alpha value is -0.610. The number of likely N-dealkylation sites (tertiary alicyclic amines) is 1. The van der Waals surface area contributed by atoms with E-state index in [2.05, 4.69) is 15.2 Å². The molecule has 0 bridgehead atoms. The number of guanidine groups is 1. The number of carbonyl (C=O) groups is 1. The lowest BCUT2D eigenvalue weighted by atomic mass is 10.1. The van der Waals surface area contributed by atoms with Crippen LogP contribution in [-0.2, 0) is 19.0 Å². The van der Waals surface area contributed by atoms with Gasteiger partial charge < -0.3 is 24.4 Å². The van der Waals surface area contributed by atoms with Crippen LogP contribution in [0.3, 0.4) is 0 Å². The molecular weight excluding hydrogens is 449 g/mol. The summed E-state index contributed by atoms with van der Waals surface area (Å²) in [5, 5.41) is 3.26. The van der Waals surface area contributed by atoms with Crippen molar-refractivity contribution < 1.29 is 19.0 Å². The van der Waals surface area contributed by atoms with E-state index in [4.69, 9.17) is 14.2 Å². The van der Waals surface area contributed by atoms with Crippen molar-refractivity contribution in [3.8, 4) is 0 Å². The highest BCUT2D eigenvalue weighted by Gasteiger charge is 2.22. The van der Waals surface area contributed by atoms with Gasteiger partial charge in [0.1, 0.15) is 12.1 Å². The Morgan fingerprint density at radius 1 is 1.23 bits per heavy atom. The minimum atomic E-state index is -0.483. The summed E-state index contributed by atoms with van der Waals surface area (Å²) >= 11 is 0. The van der Waals surface area contributed by atoms with E-state index in [1.54, 1.807) is 7.11 Å². The summed E-state index contributed by atoms with van der Waals surface area (Å²) in [6.07, 6.45) is 3.14. The Morgan fingerprint density at radius 2 is 1.88 bits per heavy atom. The molecule has 1 heterocycles. The van der Waals surface area contributed by atoms with Gasteiger partial charge in [0, 0.05) is 40.0 Å². The maximum atomic E-state index is 11.9. The van der Waals surface area contributed by atoms with Gasteiger partial charge >= 0.3 is 5.97 Å². The normalized spacial score (nSPS) is 16.2. The highest BCUT2D eigenvalue weighted by atomic mass is 127. The van der Waals surface area contributed by atoms with Crippen LogP contribution < -0.4 is 5.32 Å². The van der Waals surface area contributed by atoms with Gasteiger partial charge in [-0.25, -0.2) is 4.99 Å². The zero-order chi connectivity index (χ0) is 18.7. The lowest BCUT2D eigenvalue weighted by Gasteiger charge is -2.34. The SMILES string of the molecule is CCNC(=NCC(=O)OC(C)(C)C)N1CCC(OCCCOC)CC1.I. The van der Waals surface area contributed by atoms with Gasteiger partial charge in [-0.15, -0.1) is 24.0 Å². The molecule has 1 rings (SSSR count). The number of aliphatic imine (C=N–C) groups is 1. The second-order valence-corrected chi connectivity index (χ2v) is 7.16. The molecular formula is C18H36IN3O4. The van der Waals surface area contributed by atoms with Crippen LogP contribution in [0, 0.1) is 0 Å². The van der Waals surface area contributed by atoms with Crippen molar-refractivity contribution in [1.29, 1.82) is 0 Å². The van der Waals surface area contributed by atoms with Gasteiger partial charge in [0.25, 0.3) is 0 Å². The minimum Gasteiger partial charge on any atom is -0.459 e. The van der Waals surface area contributed by atoms with Gasteiger partial charge in [0.05, 0.1) is 6.10 Å². The van der Waals surface area contributed by atoms with Crippen LogP contribution in [0.25, 0.3) is 0 Å². The number of carbonyl (C=O) groups excluding carboxylic acids is 1. The fourth-order valence-electron chi connectivity index (χ4n) is 2.63. The number of ether oxygens (including phenoxy) is 3. The minimum absolute atomic E-state index is 0. The molecule has 1 aliphatic rings. The molecule has 0 atom stereocenters. The smallest absolute Gasteiger partial charge is 0.328 e. The van der Waals surface area contributed by atoms with E-state index in [1.165, 1.54) is 0 Å². The largest absolute Gasteiger partial charge is 0.459 e. The molecule has 0 aromatic rings. The van der Waals surface area contributed by atoms with Gasteiger partial charge in [-0.1, -0.05) is 0 Å². The third-order valence-electron chi connectivity index (χ3n) is 3.70. The Morgan fingerprint density at radius 3 is 2.42 bits per heavy atom. The van der Waals surface area contributed by atoms with Crippen molar-refractivity contribution in [2.45, 2.75) is 58.7 Å². The van der Waals surface area contributed by atoms with E-state index in [0.717, 1.165) is 58.1 Å². The van der Waals surface area contributed by atoms with E-state index in [-0.39, 0.29) is 36.5 Å². The second kappa shape index (κ2) is 13.5. The van der Waals surface area contributed by atoms with Gasteiger partial charge in [-0.2, -0.15) is 0 Å². The van der Waals surface area contributed by atoms with E-state index in [9.17, 15) is 4.79 Å². The molecule has 0 spiro atoms. The monoisotopic (exact) mass is 485 g/mol. The average molecular weight is 485 g/mol. The first kappa shape index (κ1) is 25.4. The molecule has 0 unspecified atom stereocenters. The first-order valence-electron chi connectivity index (χ1n) is 9.21. The molecule has 7 nitrogen and oxygen atoms in total. The maximum absolute atomic E-state index is 11.9. The summed E-state index contributed by atoms with van der Waals surface area (Å²) in [6, 6.07) is 0. The lowest BCUT2D eigenvalue weighted by Crippen LogP contribution is -2.47. The Balaban J connectivity index is 0.00000625. The van der Waals surface area contributed by atoms with E-state index in [0.29, 0.717) is 6.10 Å². The Bertz CT molecular complexity index is 419. The van der Waals surface area contributed by atoms with Crippen molar-refractivity contribution in [1.82, 2.24) is 10.2 Å². The number of rotatable bonds is 8. The van der Waals surface area contributed by atoms with Gasteiger partial charge in [0.2, 0.25) is 0 Å². The third-order valence-corrected chi connectivity index (χ3v) is 3.70. The van der Waals surface area contributed by atoms with Crippen molar-refractivity contribution in [3.05, 3.63) is 0 Å². The number of piperidine rings is 1. The summed E-state index contributed by atoms with van der Waals surface area (Å²) in [4.78, 5) is 18.5. The molecule has 1 N–H and O–H groups in total. The fraction of sp³-hybridized carbons (Fsp3) is 0.889. The van der Waals surface area contributed by atoms with E-state index in [1.807, 2.05) is 27.7 Å². The van der Waals surface area contributed by atoms with Gasteiger partial charge in [-0.3, -0.25) is 4.79 Å². The molecule has 0 aromatic carbocycles. The molecule has 26 heavy (non-hydrogen) atoms. The standard InChI is InChI=1S/C18H35N3O4.HI/c1-6-19-17(20-14-16(22)25-18(2,3)4)21-10-8-15(9-11-21)24-13-7-12-23-5;/h15H,6-14H2,1-5H3,(H,19,20);1H. The number of nitrogens with zero attached hydrogens (tertiary/aromatic N) is 2. The number of nitrogens with one attached hydrogen (secondary N) is 1. The van der Waals surface area contributed by atoms with Crippen LogP contribution in [0.1, 0.15) is 47.0 Å². The number of hydrogen-bond acceptors (Lipinski definition) is 5. The maximum Gasteiger partial charge on any atom is 0.328 e. The van der Waals surface area contributed by atoms with Crippen LogP contribution in [-0.4, -0.2) is 75.0 Å². The van der Waals surface area contributed by atoms with Gasteiger partial charge in [-0.05, 0) is 47.0 Å². The lowest BCUT2D eigenvalue weighted by molar-refractivity contribution is -0.152. The molecule has 0 radical (unpaired) electrons. The molecule has 154 valence electrons. The summed E-state index contributed by atoms with van der Waals surface area (Å²) in [6.45, 7) is 11.6. The first-order chi connectivity index (χ1) is 11.9. The van der Waals surface area contributed by atoms with Crippen molar-refractivity contribution in [3.63, 3.8) is 0 Å². The fourth-order valence-corrected chi connectivity index (χ4v) is 2.63. The van der Waals surface area contributed by atoms with Crippen LogP contribution in [0.4, 0.5) is 0 Å². The average Bonchev–Trinajstić information content (AvgIpc) is 2.54. The number of hydrogen-bond donors (Lipinski definition) is 1. The summed E-state index contributed by atoms with van der Waals surface area (Å²) < 4.78 is 16.2. The summed E-state index contributed by atoms with van der Waals surface area (Å²) in [7, 11) is 1.71. The molecule has 8 heteroatoms. The number of methoxy groups -OCH3 is 1. The van der Waals surface area contributed by atoms with Crippen molar-refractivity contribution in [2.24, 2.45) is 4.99 Å². The van der Waals surface area contributed by atoms with Crippen LogP contribution in [0.5, 0.6) is 0 Å². The number of halogens is 1. The predicted molar refractivity (Wildman–Crippen MR) is 114 cm³/mol. The van der Waals surface area contributed by atoms with Gasteiger partial charge in [0.15, 0.2) is 5.96 Å². The molecule has 1 fully saturated rings. The van der Waals surface area contributed by atoms with Crippen LogP contribution in [0.15, 0.2) is 4.99 Å². The predicted octanol–water partition coefficient (Wildman–Crippen LogP) is 2.43. The molecule has 0 amide bonds. The summed E-state index contributed by atoms with van der Waals surface area (Å²) in [5.74, 6) is 0.463. The molecule has 0 aromatic heterocycles. The molecule has 1 aliphatic heterocycles. The van der Waals surface area contributed by atoms with Crippen LogP contribution in [0.2, 0.25) is 0 Å². The van der Waals surface area contributed by atoms with Crippen LogP contribution >= 0.6 is 24.0 Å². The summed E-state index contributed by atoms with van der Waals surface area (Å²) in [5.41, 5.74) is -0.483. The highest BCUT2D eigenvalue weighted by molar-refractivity contribution is 14.0. The quantitative estimate of drug-likeness (QED) is 0.187. The Kier molecular flexibility index (Phi) is 13.2. The highest BCUT2D eigenvalue weighted by Crippen LogP contribution is 2.14. The Labute approximate surface area is 175 Å². The second-order valence-electron chi connectivity index (χ2n) is 7.16. The zero-order valence-corrected chi connectivity index (χ0v) is 19.2. The zero-order valence-electron chi connectivity index (χ0n) is 16.9. The molecule has 0 aliphatic carbocycles. The first-order valence-corrected chi connectivity index (χ1v) is 9.21.